The summed E-state index contributed by atoms with van der Waals surface area (Å²) in [6.45, 7) is 2.21. The van der Waals surface area contributed by atoms with Gasteiger partial charge in [-0.15, -0.1) is 0 Å². The molecule has 0 aliphatic carbocycles. The van der Waals surface area contributed by atoms with E-state index >= 15 is 0 Å². The Bertz CT molecular complexity index is 577. The summed E-state index contributed by atoms with van der Waals surface area (Å²) in [5, 5.41) is 6.85. The summed E-state index contributed by atoms with van der Waals surface area (Å²) in [6, 6.07) is 5.91. The van der Waals surface area contributed by atoms with Crippen LogP contribution in [-0.4, -0.2) is 15.7 Å². The number of carbonyl (C=O) groups is 1. The predicted molar refractivity (Wildman–Crippen MR) is 65.5 cm³/mol. The molecule has 94 valence electrons. The smallest absolute Gasteiger partial charge is 0.254 e. The highest BCUT2D eigenvalue weighted by atomic mass is 19.1. The van der Waals surface area contributed by atoms with E-state index in [4.69, 9.17) is 0 Å². The van der Waals surface area contributed by atoms with Gasteiger partial charge in [0.2, 0.25) is 0 Å². The fourth-order valence-corrected chi connectivity index (χ4v) is 1.74. The minimum Gasteiger partial charge on any atom is -0.348 e. The van der Waals surface area contributed by atoms with E-state index in [-0.39, 0.29) is 5.56 Å². The van der Waals surface area contributed by atoms with Gasteiger partial charge in [0.05, 0.1) is 11.3 Å². The van der Waals surface area contributed by atoms with Crippen molar-refractivity contribution >= 4 is 5.91 Å². The summed E-state index contributed by atoms with van der Waals surface area (Å²) in [5.41, 5.74) is 1.83. The monoisotopic (exact) mass is 247 g/mol. The lowest BCUT2D eigenvalue weighted by Crippen LogP contribution is -2.23. The lowest BCUT2D eigenvalue weighted by atomic mass is 10.2. The van der Waals surface area contributed by atoms with E-state index in [0.29, 0.717) is 6.54 Å². The highest BCUT2D eigenvalue weighted by molar-refractivity contribution is 5.94. The van der Waals surface area contributed by atoms with Crippen LogP contribution in [0.25, 0.3) is 0 Å². The van der Waals surface area contributed by atoms with E-state index in [2.05, 4.69) is 10.4 Å². The third-order valence-corrected chi connectivity index (χ3v) is 2.67. The maximum Gasteiger partial charge on any atom is 0.254 e. The topological polar surface area (TPSA) is 46.9 Å². The van der Waals surface area contributed by atoms with E-state index in [0.717, 1.165) is 11.3 Å². The summed E-state index contributed by atoms with van der Waals surface area (Å²) in [4.78, 5) is 11.8. The van der Waals surface area contributed by atoms with Crippen LogP contribution in [-0.2, 0) is 13.6 Å². The molecule has 1 heterocycles. The van der Waals surface area contributed by atoms with E-state index in [9.17, 15) is 9.18 Å². The molecule has 0 saturated heterocycles. The summed E-state index contributed by atoms with van der Waals surface area (Å²) in [7, 11) is 1.81. The number of nitrogens with zero attached hydrogens (tertiary/aromatic N) is 2. The minimum absolute atomic E-state index is 0.0547. The largest absolute Gasteiger partial charge is 0.348 e. The Hall–Kier alpha value is -2.17. The third kappa shape index (κ3) is 2.56. The van der Waals surface area contributed by atoms with E-state index < -0.39 is 11.7 Å². The van der Waals surface area contributed by atoms with Crippen LogP contribution >= 0.6 is 0 Å². The molecule has 1 aromatic carbocycles. The summed E-state index contributed by atoms with van der Waals surface area (Å²) in [6.07, 6.45) is 1.83. The average molecular weight is 247 g/mol. The molecular formula is C13H14FN3O. The van der Waals surface area contributed by atoms with Gasteiger partial charge >= 0.3 is 0 Å². The normalized spacial score (nSPS) is 10.4. The third-order valence-electron chi connectivity index (χ3n) is 2.67. The van der Waals surface area contributed by atoms with Gasteiger partial charge in [-0.05, 0) is 19.1 Å². The number of benzene rings is 1. The van der Waals surface area contributed by atoms with Crippen LogP contribution in [0, 0.1) is 12.7 Å². The maximum absolute atomic E-state index is 13.4. The molecule has 1 aromatic heterocycles. The zero-order valence-corrected chi connectivity index (χ0v) is 10.3. The molecule has 18 heavy (non-hydrogen) atoms. The minimum atomic E-state index is -0.516. The number of aromatic nitrogens is 2. The molecule has 0 saturated carbocycles. The van der Waals surface area contributed by atoms with Gasteiger partial charge in [-0.3, -0.25) is 9.48 Å². The lowest BCUT2D eigenvalue weighted by molar-refractivity contribution is 0.0947. The van der Waals surface area contributed by atoms with E-state index in [1.165, 1.54) is 12.1 Å². The van der Waals surface area contributed by atoms with E-state index in [1.54, 1.807) is 16.8 Å². The Morgan fingerprint density at radius 2 is 2.17 bits per heavy atom. The van der Waals surface area contributed by atoms with Gasteiger partial charge in [0.1, 0.15) is 5.82 Å². The fraction of sp³-hybridized carbons (Fsp3) is 0.231. The van der Waals surface area contributed by atoms with Crippen LogP contribution in [0.2, 0.25) is 0 Å². The van der Waals surface area contributed by atoms with Gasteiger partial charge in [-0.2, -0.15) is 5.10 Å². The molecule has 2 rings (SSSR count). The number of halogens is 1. The Morgan fingerprint density at radius 1 is 1.44 bits per heavy atom. The second-order valence-corrected chi connectivity index (χ2v) is 4.08. The molecule has 0 aliphatic rings. The van der Waals surface area contributed by atoms with Crippen molar-refractivity contribution in [3.05, 3.63) is 53.1 Å². The van der Waals surface area contributed by atoms with Crippen molar-refractivity contribution < 1.29 is 9.18 Å². The van der Waals surface area contributed by atoms with Gasteiger partial charge in [0.15, 0.2) is 0 Å². The van der Waals surface area contributed by atoms with Crippen molar-refractivity contribution in [2.45, 2.75) is 13.5 Å². The first-order chi connectivity index (χ1) is 8.58. The molecule has 0 bridgehead atoms. The maximum atomic E-state index is 13.4. The van der Waals surface area contributed by atoms with Crippen LogP contribution < -0.4 is 5.32 Å². The number of aryl methyl sites for hydroxylation is 2. The van der Waals surface area contributed by atoms with Crippen LogP contribution in [0.3, 0.4) is 0 Å². The summed E-state index contributed by atoms with van der Waals surface area (Å²) < 4.78 is 15.1. The Labute approximate surface area is 104 Å². The molecule has 1 N–H and O–H groups in total. The number of carbonyl (C=O) groups excluding carboxylic acids is 1. The Morgan fingerprint density at radius 3 is 2.78 bits per heavy atom. The van der Waals surface area contributed by atoms with Gasteiger partial charge in [-0.25, -0.2) is 4.39 Å². The van der Waals surface area contributed by atoms with Gasteiger partial charge in [0.25, 0.3) is 5.91 Å². The van der Waals surface area contributed by atoms with Gasteiger partial charge in [0, 0.05) is 25.4 Å². The molecule has 0 radical (unpaired) electrons. The van der Waals surface area contributed by atoms with Crippen molar-refractivity contribution in [2.24, 2.45) is 7.05 Å². The van der Waals surface area contributed by atoms with Crippen molar-refractivity contribution in [1.82, 2.24) is 15.1 Å². The number of hydrogen-bond donors (Lipinski definition) is 1. The van der Waals surface area contributed by atoms with Crippen molar-refractivity contribution in [3.8, 4) is 0 Å². The number of amides is 1. The molecule has 0 spiro atoms. The SMILES string of the molecule is Cc1nn(C)cc1CNC(=O)c1ccccc1F. The molecule has 4 nitrogen and oxygen atoms in total. The zero-order chi connectivity index (χ0) is 13.1. The predicted octanol–water partition coefficient (Wildman–Crippen LogP) is 1.80. The standard InChI is InChI=1S/C13H14FN3O/c1-9-10(8-17(2)16-9)7-15-13(18)11-5-3-4-6-12(11)14/h3-6,8H,7H2,1-2H3,(H,15,18). The lowest BCUT2D eigenvalue weighted by Gasteiger charge is -2.05. The van der Waals surface area contributed by atoms with Crippen molar-refractivity contribution in [3.63, 3.8) is 0 Å². The van der Waals surface area contributed by atoms with Crippen LogP contribution in [0.5, 0.6) is 0 Å². The van der Waals surface area contributed by atoms with Crippen LogP contribution in [0.4, 0.5) is 4.39 Å². The van der Waals surface area contributed by atoms with E-state index in [1.807, 2.05) is 20.2 Å². The first-order valence-electron chi connectivity index (χ1n) is 5.60. The van der Waals surface area contributed by atoms with Gasteiger partial charge < -0.3 is 5.32 Å². The average Bonchev–Trinajstić information content (AvgIpc) is 2.65. The Balaban J connectivity index is 2.05. The Kier molecular flexibility index (Phi) is 3.41. The number of rotatable bonds is 3. The molecular weight excluding hydrogens is 233 g/mol. The highest BCUT2D eigenvalue weighted by Gasteiger charge is 2.11. The molecule has 0 fully saturated rings. The quantitative estimate of drug-likeness (QED) is 0.899. The number of nitrogens with one attached hydrogen (secondary N) is 1. The zero-order valence-electron chi connectivity index (χ0n) is 10.3. The molecule has 5 heteroatoms. The van der Waals surface area contributed by atoms with Crippen molar-refractivity contribution in [2.75, 3.05) is 0 Å². The molecule has 1 amide bonds. The highest BCUT2D eigenvalue weighted by Crippen LogP contribution is 2.08. The second-order valence-electron chi connectivity index (χ2n) is 4.08. The fourth-order valence-electron chi connectivity index (χ4n) is 1.74. The van der Waals surface area contributed by atoms with Crippen LogP contribution in [0.15, 0.2) is 30.5 Å². The van der Waals surface area contributed by atoms with Gasteiger partial charge in [-0.1, -0.05) is 12.1 Å². The first-order valence-corrected chi connectivity index (χ1v) is 5.60. The number of hydrogen-bond acceptors (Lipinski definition) is 2. The summed E-state index contributed by atoms with van der Waals surface area (Å²) in [5.74, 6) is -0.936. The molecule has 2 aromatic rings. The first kappa shape index (κ1) is 12.3. The molecule has 0 aliphatic heterocycles. The second kappa shape index (κ2) is 5.00. The van der Waals surface area contributed by atoms with Crippen LogP contribution in [0.1, 0.15) is 21.6 Å². The molecule has 0 unspecified atom stereocenters. The molecule has 0 atom stereocenters. The van der Waals surface area contributed by atoms with Crippen molar-refractivity contribution in [1.29, 1.82) is 0 Å². The summed E-state index contributed by atoms with van der Waals surface area (Å²) >= 11 is 0.